The molecule has 0 saturated heterocycles. The monoisotopic (exact) mass is 846 g/mol. The van der Waals surface area contributed by atoms with Gasteiger partial charge in [0, 0.05) is 0 Å². The number of carbonyl (C=O) groups excluding carboxylic acids is 6. The first-order valence-electron chi connectivity index (χ1n) is 18.4. The predicted octanol–water partition coefficient (Wildman–Crippen LogP) is 6.28. The molecule has 286 valence electrons. The van der Waals surface area contributed by atoms with Gasteiger partial charge in [0.05, 0.1) is 0 Å². The molecule has 0 heterocycles. The summed E-state index contributed by atoms with van der Waals surface area (Å²) in [7, 11) is 0. The van der Waals surface area contributed by atoms with Crippen LogP contribution in [0.2, 0.25) is 0 Å². The van der Waals surface area contributed by atoms with Crippen molar-refractivity contribution in [2.75, 3.05) is 13.2 Å². The van der Waals surface area contributed by atoms with Crippen molar-refractivity contribution < 1.29 is 53.8 Å². The minimum atomic E-state index is -3.42. The topological polar surface area (TPSA) is 158 Å². The van der Waals surface area contributed by atoms with E-state index in [1.807, 2.05) is 30.3 Å². The van der Waals surface area contributed by atoms with Crippen LogP contribution in [-0.2, 0) is 53.8 Å². The maximum atomic E-state index is 14.5. The van der Waals surface area contributed by atoms with E-state index in [1.54, 1.807) is 0 Å². The van der Waals surface area contributed by atoms with Crippen molar-refractivity contribution in [1.82, 2.24) is 0 Å². The number of rotatable bonds is 13. The van der Waals surface area contributed by atoms with Crippen LogP contribution in [0.25, 0.3) is 0 Å². The van der Waals surface area contributed by atoms with Gasteiger partial charge in [0.25, 0.3) is 0 Å². The van der Waals surface area contributed by atoms with Gasteiger partial charge in [0.15, 0.2) is 0 Å². The molecule has 53 heavy (non-hydrogen) atoms. The molecule has 13 heteroatoms. The summed E-state index contributed by atoms with van der Waals surface area (Å²) < 4.78 is 35.6. The Labute approximate surface area is 317 Å². The second-order valence-electron chi connectivity index (χ2n) is 16.8. The van der Waals surface area contributed by atoms with Crippen LogP contribution >= 0.6 is 20.6 Å². The number of hydrogen-bond donors (Lipinski definition) is 0. The maximum absolute atomic E-state index is 14.5. The van der Waals surface area contributed by atoms with Crippen molar-refractivity contribution in [3.05, 3.63) is 58.2 Å². The Morgan fingerprint density at radius 3 is 1.36 bits per heavy atom. The van der Waals surface area contributed by atoms with Crippen LogP contribution in [0, 0.1) is 38.1 Å². The van der Waals surface area contributed by atoms with Gasteiger partial charge in [-0.15, -0.1) is 0 Å². The Hall–Kier alpha value is -3.75. The molecule has 12 nitrogen and oxygen atoms in total. The van der Waals surface area contributed by atoms with Crippen LogP contribution < -0.4 is 0 Å². The molecule has 9 rings (SSSR count). The third-order valence-electron chi connectivity index (χ3n) is 12.1. The summed E-state index contributed by atoms with van der Waals surface area (Å²) in [4.78, 5) is 78.5. The van der Waals surface area contributed by atoms with E-state index in [0.717, 1.165) is 12.8 Å². The van der Waals surface area contributed by atoms with E-state index in [2.05, 4.69) is 13.2 Å². The Kier molecular flexibility index (Phi) is 10.0. The molecule has 4 unspecified atom stereocenters. The van der Waals surface area contributed by atoms with E-state index in [-0.39, 0.29) is 34.8 Å². The molecule has 0 N–H and O–H groups in total. The zero-order valence-corrected chi connectivity index (χ0v) is 32.4. The molecule has 8 aliphatic carbocycles. The number of halogens is 1. The first-order chi connectivity index (χ1) is 25.1. The van der Waals surface area contributed by atoms with Gasteiger partial charge < -0.3 is 0 Å². The Bertz CT molecular complexity index is 1600. The third kappa shape index (κ3) is 7.64. The summed E-state index contributed by atoms with van der Waals surface area (Å²) in [6.07, 6.45) is 7.36. The number of hydrogen-bond acceptors (Lipinski definition) is 12. The molecule has 4 atom stereocenters. The molecular formula is C40H47IO12. The molecule has 0 radical (unpaired) electrons. The predicted molar refractivity (Wildman–Crippen MR) is 195 cm³/mol. The first-order valence-corrected chi connectivity index (χ1v) is 21.2. The average Bonchev–Trinajstić information content (AvgIpc) is 3.07. The molecular weight excluding hydrogens is 799 g/mol. The fourth-order valence-electron chi connectivity index (χ4n) is 11.0. The van der Waals surface area contributed by atoms with E-state index >= 15 is 0 Å². The van der Waals surface area contributed by atoms with Crippen LogP contribution in [0.5, 0.6) is 0 Å². The van der Waals surface area contributed by atoms with Crippen LogP contribution in [0.1, 0.15) is 90.9 Å². The molecule has 1 aromatic rings. The van der Waals surface area contributed by atoms with Gasteiger partial charge in [0.2, 0.25) is 0 Å². The minimum absolute atomic E-state index is 0.159. The van der Waals surface area contributed by atoms with E-state index in [9.17, 15) is 28.8 Å². The van der Waals surface area contributed by atoms with Crippen LogP contribution in [0.3, 0.4) is 0 Å². The fourth-order valence-corrected chi connectivity index (χ4v) is 14.3. The Balaban J connectivity index is 1.07. The fraction of sp³-hybridized carbons (Fsp3) is 0.600. The summed E-state index contributed by atoms with van der Waals surface area (Å²) in [5, 5.41) is 0. The van der Waals surface area contributed by atoms with Crippen molar-refractivity contribution in [2.45, 2.75) is 102 Å². The van der Waals surface area contributed by atoms with E-state index < -0.39 is 91.7 Å². The first kappa shape index (κ1) is 37.6. The zero-order valence-electron chi connectivity index (χ0n) is 30.3. The van der Waals surface area contributed by atoms with Crippen molar-refractivity contribution in [2.24, 2.45) is 34.5 Å². The number of esters is 4. The Morgan fingerprint density at radius 1 is 0.623 bits per heavy atom. The van der Waals surface area contributed by atoms with Gasteiger partial charge >= 0.3 is 318 Å². The van der Waals surface area contributed by atoms with Crippen molar-refractivity contribution >= 4 is 56.5 Å². The van der Waals surface area contributed by atoms with E-state index in [1.165, 1.54) is 13.8 Å². The molecule has 8 saturated carbocycles. The van der Waals surface area contributed by atoms with Crippen molar-refractivity contribution in [3.63, 3.8) is 0 Å². The summed E-state index contributed by atoms with van der Waals surface area (Å²) in [5.41, 5.74) is -3.18. The molecule has 1 aromatic carbocycles. The van der Waals surface area contributed by atoms with Gasteiger partial charge in [-0.2, -0.15) is 0 Å². The van der Waals surface area contributed by atoms with Crippen molar-refractivity contribution in [1.29, 1.82) is 0 Å². The molecule has 0 amide bonds. The quantitative estimate of drug-likeness (QED) is 0.0949. The molecule has 0 aliphatic heterocycles. The summed E-state index contributed by atoms with van der Waals surface area (Å²) in [6, 6.07) is 9.12. The van der Waals surface area contributed by atoms with Crippen LogP contribution in [0.4, 0.5) is 0 Å². The molecule has 8 fully saturated rings. The molecule has 0 aromatic heterocycles. The third-order valence-corrected chi connectivity index (χ3v) is 15.4. The molecule has 8 aliphatic rings. The second-order valence-corrected chi connectivity index (χ2v) is 20.1. The molecule has 8 bridgehead atoms. The van der Waals surface area contributed by atoms with Gasteiger partial charge in [-0.05, 0) is 0 Å². The van der Waals surface area contributed by atoms with Crippen molar-refractivity contribution in [3.8, 4) is 0 Å². The van der Waals surface area contributed by atoms with Gasteiger partial charge in [-0.1, -0.05) is 0 Å². The zero-order chi connectivity index (χ0) is 37.8. The summed E-state index contributed by atoms with van der Waals surface area (Å²) >= 11 is -3.42. The SMILES string of the molecule is C=C(C)C(=O)OCC(=O)OC12CC3CC(C1)CC(C(=O)OI(OC(=O)C14CC5CC(CC(OC(=O)COC(=O)C(=C)C)(C5)C1)C4)c1ccccc1)(C3)C2. The van der Waals surface area contributed by atoms with Crippen LogP contribution in [-0.4, -0.2) is 60.2 Å². The molecule has 0 spiro atoms. The van der Waals surface area contributed by atoms with E-state index in [0.29, 0.717) is 67.8 Å². The summed E-state index contributed by atoms with van der Waals surface area (Å²) in [5.74, 6) is -2.90. The summed E-state index contributed by atoms with van der Waals surface area (Å²) in [6.45, 7) is 9.01. The standard InChI is InChI=1S/C40H47IO12/c1-24(2)33(44)48-20-31(42)50-39-16-26-10-27(17-39)13-37(12-26,22-39)35(46)52-41(30-8-6-5-7-9-30)53-36(47)38-14-28-11-29(15-38)19-40(18-28,23-38)51-32(43)21-49-34(45)25(3)4/h5-9,26-29H,1,3,10-23H2,2,4H3. The second kappa shape index (κ2) is 14.2. The normalized spacial score (nSPS) is 34.3. The van der Waals surface area contributed by atoms with Gasteiger partial charge in [-0.25, -0.2) is 0 Å². The average molecular weight is 847 g/mol. The number of ether oxygens (including phenoxy) is 4. The van der Waals surface area contributed by atoms with Gasteiger partial charge in [-0.3, -0.25) is 0 Å². The van der Waals surface area contributed by atoms with Gasteiger partial charge in [0.1, 0.15) is 0 Å². The number of benzene rings is 1. The number of carbonyl (C=O) groups is 6. The van der Waals surface area contributed by atoms with E-state index in [4.69, 9.17) is 25.1 Å². The Morgan fingerprint density at radius 2 is 1.00 bits per heavy atom. The van der Waals surface area contributed by atoms with Crippen LogP contribution in [0.15, 0.2) is 54.6 Å².